The molecule has 18 heavy (non-hydrogen) atoms. The molecule has 0 unspecified atom stereocenters. The van der Waals surface area contributed by atoms with E-state index in [1.165, 1.54) is 5.56 Å². The normalized spacial score (nSPS) is 10.3. The summed E-state index contributed by atoms with van der Waals surface area (Å²) < 4.78 is 1.61. The van der Waals surface area contributed by atoms with Crippen LogP contribution in [0.15, 0.2) is 41.5 Å². The van der Waals surface area contributed by atoms with E-state index in [0.717, 1.165) is 11.4 Å². The molecule has 0 amide bonds. The summed E-state index contributed by atoms with van der Waals surface area (Å²) in [6.45, 7) is 5.19. The first-order valence-electron chi connectivity index (χ1n) is 5.99. The predicted octanol–water partition coefficient (Wildman–Crippen LogP) is 1.97. The summed E-state index contributed by atoms with van der Waals surface area (Å²) in [5, 5.41) is 3.27. The van der Waals surface area contributed by atoms with E-state index < -0.39 is 0 Å². The van der Waals surface area contributed by atoms with Crippen molar-refractivity contribution in [2.45, 2.75) is 20.4 Å². The predicted molar refractivity (Wildman–Crippen MR) is 72.9 cm³/mol. The first-order valence-corrected chi connectivity index (χ1v) is 5.99. The molecule has 94 valence electrons. The molecule has 2 rings (SSSR count). The largest absolute Gasteiger partial charge is 0.383 e. The molecule has 1 aromatic carbocycles. The molecule has 0 radical (unpaired) electrons. The third-order valence-corrected chi connectivity index (χ3v) is 2.75. The molecule has 1 aromatic heterocycles. The Morgan fingerprint density at radius 2 is 1.94 bits per heavy atom. The molecule has 4 nitrogen and oxygen atoms in total. The van der Waals surface area contributed by atoms with Gasteiger partial charge >= 0.3 is 0 Å². The molecule has 0 aliphatic heterocycles. The Morgan fingerprint density at radius 1 is 1.22 bits per heavy atom. The number of anilines is 1. The minimum absolute atomic E-state index is 0.00629. The van der Waals surface area contributed by atoms with Crippen molar-refractivity contribution in [1.82, 2.24) is 9.55 Å². The Hall–Kier alpha value is -2.10. The highest BCUT2D eigenvalue weighted by Crippen LogP contribution is 2.07. The van der Waals surface area contributed by atoms with Crippen LogP contribution in [-0.2, 0) is 6.54 Å². The number of benzene rings is 1. The van der Waals surface area contributed by atoms with Crippen LogP contribution in [0.4, 0.5) is 5.69 Å². The van der Waals surface area contributed by atoms with Gasteiger partial charge in [0.2, 0.25) is 0 Å². The maximum Gasteiger partial charge on any atom is 0.253 e. The molecule has 4 heteroatoms. The third kappa shape index (κ3) is 3.20. The summed E-state index contributed by atoms with van der Waals surface area (Å²) in [6.07, 6.45) is 1.59. The van der Waals surface area contributed by atoms with Gasteiger partial charge in [-0.15, -0.1) is 0 Å². The van der Waals surface area contributed by atoms with Gasteiger partial charge in [-0.2, -0.15) is 0 Å². The van der Waals surface area contributed by atoms with Crippen LogP contribution in [0, 0.1) is 13.8 Å². The van der Waals surface area contributed by atoms with Crippen molar-refractivity contribution in [3.05, 3.63) is 58.3 Å². The quantitative estimate of drug-likeness (QED) is 0.893. The molecule has 0 spiro atoms. The van der Waals surface area contributed by atoms with E-state index in [4.69, 9.17) is 0 Å². The molecule has 0 atom stereocenters. The Kier molecular flexibility index (Phi) is 3.77. The zero-order valence-electron chi connectivity index (χ0n) is 10.7. The number of nitrogens with zero attached hydrogens (tertiary/aromatic N) is 2. The molecule has 0 aliphatic carbocycles. The lowest BCUT2D eigenvalue weighted by Crippen LogP contribution is -2.23. The van der Waals surface area contributed by atoms with Gasteiger partial charge in [-0.1, -0.05) is 17.7 Å². The topological polar surface area (TPSA) is 46.9 Å². The lowest BCUT2D eigenvalue weighted by molar-refractivity contribution is 0.676. The van der Waals surface area contributed by atoms with Gasteiger partial charge in [0, 0.05) is 30.5 Å². The highest BCUT2D eigenvalue weighted by Gasteiger charge is 1.97. The molecule has 0 aliphatic rings. The van der Waals surface area contributed by atoms with E-state index in [1.807, 2.05) is 19.1 Å². The van der Waals surface area contributed by atoms with Crippen molar-refractivity contribution in [2.24, 2.45) is 0 Å². The van der Waals surface area contributed by atoms with Crippen LogP contribution >= 0.6 is 0 Å². The Morgan fingerprint density at radius 3 is 2.61 bits per heavy atom. The second kappa shape index (κ2) is 5.49. The monoisotopic (exact) mass is 243 g/mol. The average Bonchev–Trinajstić information content (AvgIpc) is 2.34. The number of hydrogen-bond donors (Lipinski definition) is 1. The van der Waals surface area contributed by atoms with E-state index >= 15 is 0 Å². The highest BCUT2D eigenvalue weighted by atomic mass is 16.1. The van der Waals surface area contributed by atoms with Gasteiger partial charge in [0.1, 0.15) is 0 Å². The van der Waals surface area contributed by atoms with Crippen LogP contribution < -0.4 is 10.9 Å². The molecule has 1 N–H and O–H groups in total. The van der Waals surface area contributed by atoms with Crippen LogP contribution in [0.2, 0.25) is 0 Å². The number of hydrogen-bond acceptors (Lipinski definition) is 3. The number of aromatic nitrogens is 2. The number of aryl methyl sites for hydroxylation is 2. The fourth-order valence-electron chi connectivity index (χ4n) is 1.68. The van der Waals surface area contributed by atoms with Gasteiger partial charge in [0.25, 0.3) is 5.56 Å². The van der Waals surface area contributed by atoms with E-state index in [2.05, 4.69) is 29.4 Å². The first kappa shape index (κ1) is 12.4. The van der Waals surface area contributed by atoms with E-state index in [0.29, 0.717) is 13.1 Å². The summed E-state index contributed by atoms with van der Waals surface area (Å²) in [5.74, 6) is 0. The zero-order valence-corrected chi connectivity index (χ0v) is 10.7. The van der Waals surface area contributed by atoms with E-state index in [-0.39, 0.29) is 5.56 Å². The van der Waals surface area contributed by atoms with Crippen LogP contribution in [0.3, 0.4) is 0 Å². The van der Waals surface area contributed by atoms with Crippen molar-refractivity contribution >= 4 is 5.69 Å². The molecular weight excluding hydrogens is 226 g/mol. The second-order valence-electron chi connectivity index (χ2n) is 4.35. The van der Waals surface area contributed by atoms with Crippen molar-refractivity contribution < 1.29 is 0 Å². The average molecular weight is 243 g/mol. The Balaban J connectivity index is 1.92. The SMILES string of the molecule is Cc1ccc(NCCn2cnc(C)cc2=O)cc1. The lowest BCUT2D eigenvalue weighted by Gasteiger charge is -2.08. The molecule has 0 saturated heterocycles. The maximum atomic E-state index is 11.6. The minimum atomic E-state index is -0.00629. The fraction of sp³-hybridized carbons (Fsp3) is 0.286. The lowest BCUT2D eigenvalue weighted by atomic mass is 10.2. The Bertz CT molecular complexity index is 572. The van der Waals surface area contributed by atoms with Gasteiger partial charge in [-0.05, 0) is 26.0 Å². The molecule has 0 bridgehead atoms. The molecule has 2 aromatic rings. The van der Waals surface area contributed by atoms with Crippen LogP contribution in [0.1, 0.15) is 11.3 Å². The van der Waals surface area contributed by atoms with E-state index in [9.17, 15) is 4.79 Å². The fourth-order valence-corrected chi connectivity index (χ4v) is 1.68. The summed E-state index contributed by atoms with van der Waals surface area (Å²) >= 11 is 0. The van der Waals surface area contributed by atoms with Gasteiger partial charge in [-0.3, -0.25) is 9.36 Å². The van der Waals surface area contributed by atoms with Crippen LogP contribution in [-0.4, -0.2) is 16.1 Å². The van der Waals surface area contributed by atoms with Gasteiger partial charge in [0.15, 0.2) is 0 Å². The second-order valence-corrected chi connectivity index (χ2v) is 4.35. The van der Waals surface area contributed by atoms with Crippen molar-refractivity contribution in [3.8, 4) is 0 Å². The number of rotatable bonds is 4. The summed E-state index contributed by atoms with van der Waals surface area (Å²) in [7, 11) is 0. The first-order chi connectivity index (χ1) is 8.65. The van der Waals surface area contributed by atoms with Crippen LogP contribution in [0.25, 0.3) is 0 Å². The summed E-state index contributed by atoms with van der Waals surface area (Å²) in [6, 6.07) is 9.73. The van der Waals surface area contributed by atoms with Crippen molar-refractivity contribution in [2.75, 3.05) is 11.9 Å². The highest BCUT2D eigenvalue weighted by molar-refractivity contribution is 5.44. The zero-order chi connectivity index (χ0) is 13.0. The maximum absolute atomic E-state index is 11.6. The van der Waals surface area contributed by atoms with Crippen molar-refractivity contribution in [1.29, 1.82) is 0 Å². The number of nitrogens with one attached hydrogen (secondary N) is 1. The van der Waals surface area contributed by atoms with Crippen molar-refractivity contribution in [3.63, 3.8) is 0 Å². The molecule has 0 saturated carbocycles. The smallest absolute Gasteiger partial charge is 0.253 e. The molecule has 1 heterocycles. The summed E-state index contributed by atoms with van der Waals surface area (Å²) in [4.78, 5) is 15.7. The van der Waals surface area contributed by atoms with Gasteiger partial charge in [0.05, 0.1) is 6.33 Å². The standard InChI is InChI=1S/C14H17N3O/c1-11-3-5-13(6-4-11)15-7-8-17-10-16-12(2)9-14(17)18/h3-6,9-10,15H,7-8H2,1-2H3. The molecule has 0 fully saturated rings. The molecular formula is C14H17N3O. The summed E-state index contributed by atoms with van der Waals surface area (Å²) in [5.41, 5.74) is 3.05. The minimum Gasteiger partial charge on any atom is -0.383 e. The Labute approximate surface area is 106 Å². The van der Waals surface area contributed by atoms with E-state index in [1.54, 1.807) is 17.0 Å². The van der Waals surface area contributed by atoms with Gasteiger partial charge < -0.3 is 5.32 Å². The third-order valence-electron chi connectivity index (χ3n) is 2.75. The van der Waals surface area contributed by atoms with Gasteiger partial charge in [-0.25, -0.2) is 4.98 Å². The van der Waals surface area contributed by atoms with Crippen LogP contribution in [0.5, 0.6) is 0 Å².